The molecule has 1 aliphatic rings. The highest BCUT2D eigenvalue weighted by atomic mass is 16.6. The molecule has 1 N–H and O–H groups in total. The minimum absolute atomic E-state index is 0.136. The molecule has 1 unspecified atom stereocenters. The van der Waals surface area contributed by atoms with Gasteiger partial charge in [0, 0.05) is 0 Å². The van der Waals surface area contributed by atoms with Crippen molar-refractivity contribution in [2.75, 3.05) is 0 Å². The summed E-state index contributed by atoms with van der Waals surface area (Å²) < 4.78 is 5.90. The van der Waals surface area contributed by atoms with E-state index in [0.717, 1.165) is 29.5 Å². The van der Waals surface area contributed by atoms with Gasteiger partial charge in [0.1, 0.15) is 5.60 Å². The second kappa shape index (κ2) is 10.4. The van der Waals surface area contributed by atoms with Crippen LogP contribution in [0.4, 0.5) is 4.79 Å². The quantitative estimate of drug-likeness (QED) is 0.439. The van der Waals surface area contributed by atoms with Gasteiger partial charge in [0.05, 0.1) is 18.2 Å². The minimum Gasteiger partial charge on any atom is -0.444 e. The lowest BCUT2D eigenvalue weighted by atomic mass is 9.78. The fourth-order valence-corrected chi connectivity index (χ4v) is 5.00. The lowest BCUT2D eigenvalue weighted by Crippen LogP contribution is -2.45. The van der Waals surface area contributed by atoms with Gasteiger partial charge in [-0.1, -0.05) is 91.0 Å². The molecule has 34 heavy (non-hydrogen) atoms. The molecule has 0 saturated carbocycles. The van der Waals surface area contributed by atoms with Crippen molar-refractivity contribution in [2.24, 2.45) is 5.92 Å². The monoisotopic (exact) mass is 457 g/mol. The summed E-state index contributed by atoms with van der Waals surface area (Å²) in [6, 6.07) is 30.0. The molecule has 3 aromatic carbocycles. The Balaban J connectivity index is 1.70. The van der Waals surface area contributed by atoms with Gasteiger partial charge in [-0.25, -0.2) is 4.79 Å². The molecule has 0 aromatic heterocycles. The van der Waals surface area contributed by atoms with Gasteiger partial charge >= 0.3 is 6.09 Å². The van der Waals surface area contributed by atoms with E-state index in [2.05, 4.69) is 24.3 Å². The number of likely N-dealkylation sites (tertiary alicyclic amines) is 1. The third-order valence-corrected chi connectivity index (χ3v) is 6.50. The summed E-state index contributed by atoms with van der Waals surface area (Å²) in [6.45, 7) is 5.72. The normalized spacial score (nSPS) is 21.6. The molecule has 1 aliphatic heterocycles. The molecule has 3 aromatic rings. The van der Waals surface area contributed by atoms with Crippen LogP contribution in [0.5, 0.6) is 0 Å². The van der Waals surface area contributed by atoms with Crippen molar-refractivity contribution >= 4 is 6.09 Å². The van der Waals surface area contributed by atoms with Gasteiger partial charge in [0.15, 0.2) is 0 Å². The Kier molecular flexibility index (Phi) is 7.38. The van der Waals surface area contributed by atoms with Crippen LogP contribution in [0, 0.1) is 5.92 Å². The number of aliphatic hydroxyl groups is 1. The first-order chi connectivity index (χ1) is 16.3. The van der Waals surface area contributed by atoms with Gasteiger partial charge < -0.3 is 9.84 Å². The van der Waals surface area contributed by atoms with E-state index in [0.29, 0.717) is 6.42 Å². The molecule has 0 bridgehead atoms. The summed E-state index contributed by atoms with van der Waals surface area (Å²) in [4.78, 5) is 15.5. The van der Waals surface area contributed by atoms with Gasteiger partial charge in [0.25, 0.3) is 0 Å². The first-order valence-electron chi connectivity index (χ1n) is 12.2. The van der Waals surface area contributed by atoms with Gasteiger partial charge in [-0.2, -0.15) is 0 Å². The molecular weight excluding hydrogens is 422 g/mol. The molecule has 0 aliphatic carbocycles. The molecule has 4 heteroatoms. The van der Waals surface area contributed by atoms with E-state index < -0.39 is 11.7 Å². The number of benzene rings is 3. The second-order valence-corrected chi connectivity index (χ2v) is 10.2. The van der Waals surface area contributed by atoms with Crippen LogP contribution in [0.25, 0.3) is 0 Å². The molecule has 1 saturated heterocycles. The topological polar surface area (TPSA) is 49.8 Å². The summed E-state index contributed by atoms with van der Waals surface area (Å²) >= 11 is 0. The highest BCUT2D eigenvalue weighted by Crippen LogP contribution is 2.47. The van der Waals surface area contributed by atoms with Gasteiger partial charge in [-0.05, 0) is 62.6 Å². The van der Waals surface area contributed by atoms with E-state index in [1.54, 1.807) is 0 Å². The Bertz CT molecular complexity index is 997. The van der Waals surface area contributed by atoms with Crippen LogP contribution in [0.15, 0.2) is 91.0 Å². The van der Waals surface area contributed by atoms with Crippen LogP contribution in [-0.4, -0.2) is 21.7 Å². The number of hydrogen-bond donors (Lipinski definition) is 1. The first kappa shape index (κ1) is 24.0. The summed E-state index contributed by atoms with van der Waals surface area (Å²) in [5.41, 5.74) is 2.53. The number of piperidine rings is 1. The van der Waals surface area contributed by atoms with E-state index in [-0.39, 0.29) is 24.1 Å². The lowest BCUT2D eigenvalue weighted by molar-refractivity contribution is -0.0196. The summed E-state index contributed by atoms with van der Waals surface area (Å²) in [5.74, 6) is 0.240. The van der Waals surface area contributed by atoms with Gasteiger partial charge in [-0.3, -0.25) is 4.90 Å². The maximum atomic E-state index is 13.6. The van der Waals surface area contributed by atoms with Crippen molar-refractivity contribution < 1.29 is 14.6 Å². The smallest absolute Gasteiger partial charge is 0.411 e. The molecule has 178 valence electrons. The van der Waals surface area contributed by atoms with Crippen molar-refractivity contribution in [3.63, 3.8) is 0 Å². The number of hydrogen-bond acceptors (Lipinski definition) is 3. The second-order valence-electron chi connectivity index (χ2n) is 10.2. The average Bonchev–Trinajstić information content (AvgIpc) is 2.84. The van der Waals surface area contributed by atoms with E-state index in [4.69, 9.17) is 4.74 Å². The number of amides is 1. The number of ether oxygens (including phenoxy) is 1. The first-order valence-corrected chi connectivity index (χ1v) is 12.2. The van der Waals surface area contributed by atoms with Crippen LogP contribution >= 0.6 is 0 Å². The van der Waals surface area contributed by atoms with Crippen LogP contribution in [0.2, 0.25) is 0 Å². The predicted octanol–water partition coefficient (Wildman–Crippen LogP) is 7.24. The van der Waals surface area contributed by atoms with E-state index in [9.17, 15) is 9.90 Å². The summed E-state index contributed by atoms with van der Waals surface area (Å²) in [7, 11) is 0. The Morgan fingerprint density at radius 1 is 0.853 bits per heavy atom. The zero-order valence-corrected chi connectivity index (χ0v) is 20.3. The zero-order valence-electron chi connectivity index (χ0n) is 20.3. The SMILES string of the molecule is CC(C)(C)OC(=O)N1[C@H](c2ccccc2)CC(CC(O)c2ccccc2)C[C@H]1c1ccccc1. The number of carbonyl (C=O) groups is 1. The van der Waals surface area contributed by atoms with Crippen LogP contribution in [-0.2, 0) is 4.74 Å². The van der Waals surface area contributed by atoms with Gasteiger partial charge in [0.2, 0.25) is 0 Å². The molecular formula is C30H35NO3. The van der Waals surface area contributed by atoms with Crippen molar-refractivity contribution in [3.05, 3.63) is 108 Å². The fraction of sp³-hybridized carbons (Fsp3) is 0.367. The standard InChI is InChI=1S/C30H35NO3/c1-30(2,3)34-29(33)31-26(23-13-7-4-8-14-23)19-22(20-27(31)24-15-9-5-10-16-24)21-28(32)25-17-11-6-12-18-25/h4-18,22,26-28,32H,19-21H2,1-3H3/t26-,27-,28?/m0/s1. The third-order valence-electron chi connectivity index (χ3n) is 6.50. The van der Waals surface area contributed by atoms with Crippen LogP contribution in [0.1, 0.15) is 74.9 Å². The van der Waals surface area contributed by atoms with E-state index >= 15 is 0 Å². The highest BCUT2D eigenvalue weighted by molar-refractivity contribution is 5.70. The lowest BCUT2D eigenvalue weighted by Gasteiger charge is -2.46. The highest BCUT2D eigenvalue weighted by Gasteiger charge is 2.42. The summed E-state index contributed by atoms with van der Waals surface area (Å²) in [6.07, 6.45) is 1.37. The third kappa shape index (κ3) is 5.87. The predicted molar refractivity (Wildman–Crippen MR) is 135 cm³/mol. The number of rotatable bonds is 5. The Hall–Kier alpha value is -3.11. The minimum atomic E-state index is -0.583. The van der Waals surface area contributed by atoms with Crippen molar-refractivity contribution in [1.29, 1.82) is 0 Å². The number of aliphatic hydroxyl groups excluding tert-OH is 1. The zero-order chi connectivity index (χ0) is 24.1. The van der Waals surface area contributed by atoms with E-state index in [1.807, 2.05) is 92.4 Å². The van der Waals surface area contributed by atoms with Crippen LogP contribution < -0.4 is 0 Å². The Morgan fingerprint density at radius 2 is 1.29 bits per heavy atom. The van der Waals surface area contributed by atoms with Crippen molar-refractivity contribution in [3.8, 4) is 0 Å². The molecule has 1 heterocycles. The molecule has 0 radical (unpaired) electrons. The molecule has 1 amide bonds. The summed E-state index contributed by atoms with van der Waals surface area (Å²) in [5, 5.41) is 11.0. The Labute approximate surface area is 203 Å². The number of nitrogens with zero attached hydrogens (tertiary/aromatic N) is 1. The molecule has 3 atom stereocenters. The largest absolute Gasteiger partial charge is 0.444 e. The fourth-order valence-electron chi connectivity index (χ4n) is 5.00. The number of carbonyl (C=O) groups excluding carboxylic acids is 1. The molecule has 1 fully saturated rings. The average molecular weight is 458 g/mol. The van der Waals surface area contributed by atoms with E-state index in [1.165, 1.54) is 0 Å². The molecule has 4 rings (SSSR count). The Morgan fingerprint density at radius 3 is 1.74 bits per heavy atom. The van der Waals surface area contributed by atoms with Crippen LogP contribution in [0.3, 0.4) is 0 Å². The maximum Gasteiger partial charge on any atom is 0.411 e. The maximum absolute atomic E-state index is 13.6. The van der Waals surface area contributed by atoms with Crippen molar-refractivity contribution in [1.82, 2.24) is 4.90 Å². The molecule has 4 nitrogen and oxygen atoms in total. The van der Waals surface area contributed by atoms with Crippen molar-refractivity contribution in [2.45, 2.75) is 63.8 Å². The van der Waals surface area contributed by atoms with Gasteiger partial charge in [-0.15, -0.1) is 0 Å². The molecule has 0 spiro atoms.